The predicted molar refractivity (Wildman–Crippen MR) is 74.8 cm³/mol. The van der Waals surface area contributed by atoms with Crippen LogP contribution in [0.4, 0.5) is 4.39 Å². The molecule has 1 heterocycles. The van der Waals surface area contributed by atoms with Gasteiger partial charge in [-0.15, -0.1) is 0 Å². The van der Waals surface area contributed by atoms with Crippen molar-refractivity contribution in [3.63, 3.8) is 0 Å². The molecule has 0 aromatic heterocycles. The lowest BCUT2D eigenvalue weighted by atomic mass is 10.0. The molecule has 0 spiro atoms. The summed E-state index contributed by atoms with van der Waals surface area (Å²) >= 11 is 0. The Kier molecular flexibility index (Phi) is 4.42. The molecule has 1 aromatic rings. The Morgan fingerprint density at radius 2 is 2.26 bits per heavy atom. The number of phenols is 1. The number of nitrogens with zero attached hydrogens (tertiary/aromatic N) is 2. The molecule has 4 heteroatoms. The van der Waals surface area contributed by atoms with Crippen LogP contribution in [-0.2, 0) is 0 Å². The van der Waals surface area contributed by atoms with E-state index in [0.717, 1.165) is 13.1 Å². The predicted octanol–water partition coefficient (Wildman–Crippen LogP) is 2.62. The number of benzene rings is 1. The van der Waals surface area contributed by atoms with Crippen LogP contribution in [0, 0.1) is 5.82 Å². The third-order valence-electron chi connectivity index (χ3n) is 4.27. The molecule has 1 aromatic carbocycles. The Labute approximate surface area is 114 Å². The number of hydrogen-bond acceptors (Lipinski definition) is 3. The van der Waals surface area contributed by atoms with Gasteiger partial charge in [0, 0.05) is 24.2 Å². The van der Waals surface area contributed by atoms with Crippen LogP contribution in [0.5, 0.6) is 5.75 Å². The van der Waals surface area contributed by atoms with Crippen molar-refractivity contribution >= 4 is 0 Å². The number of likely N-dealkylation sites (N-methyl/N-ethyl adjacent to an activating group) is 2. The van der Waals surface area contributed by atoms with Gasteiger partial charge in [-0.25, -0.2) is 4.39 Å². The van der Waals surface area contributed by atoms with Crippen LogP contribution in [0.3, 0.4) is 0 Å². The van der Waals surface area contributed by atoms with Gasteiger partial charge < -0.3 is 10.0 Å². The van der Waals surface area contributed by atoms with Gasteiger partial charge in [0.05, 0.1) is 0 Å². The Morgan fingerprint density at radius 1 is 1.53 bits per heavy atom. The molecule has 1 N–H and O–H groups in total. The van der Waals surface area contributed by atoms with E-state index >= 15 is 0 Å². The first-order valence-electron chi connectivity index (χ1n) is 6.88. The lowest BCUT2D eigenvalue weighted by molar-refractivity contribution is 0.183. The van der Waals surface area contributed by atoms with Crippen molar-refractivity contribution in [1.82, 2.24) is 9.80 Å². The Hall–Kier alpha value is -1.13. The summed E-state index contributed by atoms with van der Waals surface area (Å²) in [7, 11) is 4.18. The lowest BCUT2D eigenvalue weighted by Crippen LogP contribution is -2.37. The quantitative estimate of drug-likeness (QED) is 0.907. The monoisotopic (exact) mass is 266 g/mol. The van der Waals surface area contributed by atoms with Gasteiger partial charge in [-0.05, 0) is 58.6 Å². The maximum Gasteiger partial charge on any atom is 0.123 e. The Balaban J connectivity index is 2.05. The van der Waals surface area contributed by atoms with Gasteiger partial charge in [-0.2, -0.15) is 0 Å². The molecule has 0 bridgehead atoms. The summed E-state index contributed by atoms with van der Waals surface area (Å²) < 4.78 is 13.3. The van der Waals surface area contributed by atoms with Crippen LogP contribution in [0.1, 0.15) is 31.4 Å². The van der Waals surface area contributed by atoms with Gasteiger partial charge in [0.15, 0.2) is 0 Å². The van der Waals surface area contributed by atoms with Gasteiger partial charge in [0.1, 0.15) is 11.6 Å². The molecule has 106 valence electrons. The number of likely N-dealkylation sites (tertiary alicyclic amines) is 1. The summed E-state index contributed by atoms with van der Waals surface area (Å²) in [6, 6.07) is 4.70. The van der Waals surface area contributed by atoms with Crippen molar-refractivity contribution in [3.8, 4) is 5.75 Å². The van der Waals surface area contributed by atoms with E-state index in [1.807, 2.05) is 14.0 Å². The Morgan fingerprint density at radius 3 is 2.89 bits per heavy atom. The van der Waals surface area contributed by atoms with Crippen LogP contribution in [0.15, 0.2) is 18.2 Å². The lowest BCUT2D eigenvalue weighted by Gasteiger charge is -2.30. The molecule has 1 fully saturated rings. The zero-order valence-electron chi connectivity index (χ0n) is 11.9. The molecule has 0 radical (unpaired) electrons. The molecule has 1 aliphatic rings. The van der Waals surface area contributed by atoms with Gasteiger partial charge in [0.2, 0.25) is 0 Å². The molecule has 2 rings (SSSR count). The highest BCUT2D eigenvalue weighted by molar-refractivity contribution is 5.34. The molecule has 3 nitrogen and oxygen atoms in total. The number of hydrogen-bond donors (Lipinski definition) is 1. The molecule has 0 aliphatic carbocycles. The average Bonchev–Trinajstić information content (AvgIpc) is 2.77. The second-order valence-electron chi connectivity index (χ2n) is 5.60. The zero-order chi connectivity index (χ0) is 14.0. The summed E-state index contributed by atoms with van der Waals surface area (Å²) in [5.41, 5.74) is 0.656. The van der Waals surface area contributed by atoms with E-state index in [4.69, 9.17) is 0 Å². The minimum Gasteiger partial charge on any atom is -0.508 e. The van der Waals surface area contributed by atoms with Crippen LogP contribution in [0.2, 0.25) is 0 Å². The minimum absolute atomic E-state index is 0.00435. The van der Waals surface area contributed by atoms with Crippen molar-refractivity contribution in [1.29, 1.82) is 0 Å². The summed E-state index contributed by atoms with van der Waals surface area (Å²) in [6.45, 7) is 4.09. The zero-order valence-corrected chi connectivity index (χ0v) is 11.9. The van der Waals surface area contributed by atoms with Crippen molar-refractivity contribution in [2.75, 3.05) is 27.2 Å². The first kappa shape index (κ1) is 14.3. The minimum atomic E-state index is -0.300. The fraction of sp³-hybridized carbons (Fsp3) is 0.600. The number of aromatic hydroxyl groups is 1. The van der Waals surface area contributed by atoms with Gasteiger partial charge >= 0.3 is 0 Å². The average molecular weight is 266 g/mol. The molecule has 0 amide bonds. The van der Waals surface area contributed by atoms with E-state index < -0.39 is 0 Å². The SMILES string of the molecule is CC(c1cc(F)ccc1O)N(C)CC1CCCN1C. The summed E-state index contributed by atoms with van der Waals surface area (Å²) in [5, 5.41) is 9.86. The number of rotatable bonds is 4. The summed E-state index contributed by atoms with van der Waals surface area (Å²) in [5.74, 6) is -0.133. The fourth-order valence-electron chi connectivity index (χ4n) is 2.80. The van der Waals surface area contributed by atoms with E-state index in [1.165, 1.54) is 31.0 Å². The van der Waals surface area contributed by atoms with Gasteiger partial charge in [0.25, 0.3) is 0 Å². The summed E-state index contributed by atoms with van der Waals surface area (Å²) in [6.07, 6.45) is 2.46. The van der Waals surface area contributed by atoms with E-state index in [0.29, 0.717) is 11.6 Å². The largest absolute Gasteiger partial charge is 0.508 e. The smallest absolute Gasteiger partial charge is 0.123 e. The molecule has 1 aliphatic heterocycles. The van der Waals surface area contributed by atoms with Crippen molar-refractivity contribution in [2.45, 2.75) is 31.8 Å². The second-order valence-corrected chi connectivity index (χ2v) is 5.60. The van der Waals surface area contributed by atoms with E-state index in [9.17, 15) is 9.50 Å². The molecular formula is C15H23FN2O. The topological polar surface area (TPSA) is 26.7 Å². The standard InChI is InChI=1S/C15H23FN2O/c1-11(14-9-12(16)6-7-15(14)19)18(3)10-13-5-4-8-17(13)2/h6-7,9,11,13,19H,4-5,8,10H2,1-3H3. The van der Waals surface area contributed by atoms with E-state index in [2.05, 4.69) is 16.8 Å². The molecule has 2 atom stereocenters. The highest BCUT2D eigenvalue weighted by Crippen LogP contribution is 2.29. The van der Waals surface area contributed by atoms with Crippen molar-refractivity contribution < 1.29 is 9.50 Å². The highest BCUT2D eigenvalue weighted by Gasteiger charge is 2.25. The molecule has 19 heavy (non-hydrogen) atoms. The first-order valence-corrected chi connectivity index (χ1v) is 6.88. The second kappa shape index (κ2) is 5.88. The Bertz CT molecular complexity index is 438. The maximum atomic E-state index is 13.3. The van der Waals surface area contributed by atoms with Crippen molar-refractivity contribution in [2.24, 2.45) is 0 Å². The van der Waals surface area contributed by atoms with Gasteiger partial charge in [-0.3, -0.25) is 4.90 Å². The van der Waals surface area contributed by atoms with Crippen LogP contribution in [-0.4, -0.2) is 48.1 Å². The van der Waals surface area contributed by atoms with Crippen LogP contribution in [0.25, 0.3) is 0 Å². The number of halogens is 1. The van der Waals surface area contributed by atoms with E-state index in [-0.39, 0.29) is 17.6 Å². The third kappa shape index (κ3) is 3.25. The molecule has 1 saturated heterocycles. The summed E-state index contributed by atoms with van der Waals surface area (Å²) in [4.78, 5) is 4.55. The normalized spacial score (nSPS) is 22.1. The molecular weight excluding hydrogens is 243 g/mol. The third-order valence-corrected chi connectivity index (χ3v) is 4.27. The maximum absolute atomic E-state index is 13.3. The van der Waals surface area contributed by atoms with Crippen LogP contribution < -0.4 is 0 Å². The first-order chi connectivity index (χ1) is 8.99. The molecule has 0 saturated carbocycles. The van der Waals surface area contributed by atoms with Crippen LogP contribution >= 0.6 is 0 Å². The fourth-order valence-corrected chi connectivity index (χ4v) is 2.80. The van der Waals surface area contributed by atoms with E-state index in [1.54, 1.807) is 0 Å². The van der Waals surface area contributed by atoms with Gasteiger partial charge in [-0.1, -0.05) is 0 Å². The number of phenolic OH excluding ortho intramolecular Hbond substituents is 1. The molecule has 2 unspecified atom stereocenters. The highest BCUT2D eigenvalue weighted by atomic mass is 19.1. The van der Waals surface area contributed by atoms with Crippen molar-refractivity contribution in [3.05, 3.63) is 29.6 Å².